The Morgan fingerprint density at radius 2 is 1.55 bits per heavy atom. The summed E-state index contributed by atoms with van der Waals surface area (Å²) in [6.07, 6.45) is 9.97. The van der Waals surface area contributed by atoms with Crippen LogP contribution in [-0.4, -0.2) is 0 Å². The first-order valence-electron chi connectivity index (χ1n) is 2.82. The van der Waals surface area contributed by atoms with Crippen molar-refractivity contribution in [1.29, 1.82) is 0 Å². The first-order chi connectivity index (χ1) is 3.83. The number of hydrogen-bond acceptors (Lipinski definition) is 0. The smallest absolute Gasteiger partial charge is 0.729 e. The minimum absolute atomic E-state index is 0. The molecule has 0 atom stereocenters. The molecule has 0 aromatic heterocycles. The maximum atomic E-state index is 6.15. The Morgan fingerprint density at radius 1 is 1.36 bits per heavy atom. The van der Waals surface area contributed by atoms with Crippen LogP contribution in [0.25, 0.3) is 0 Å². The Balaban J connectivity index is -0.0000000171. The number of hydrogen-bond donors (Lipinski definition) is 0. The van der Waals surface area contributed by atoms with Crippen molar-refractivity contribution in [3.8, 4) is 5.92 Å². The Bertz CT molecular complexity index is 54.8. The summed E-state index contributed by atoms with van der Waals surface area (Å²) in [5.41, 5.74) is 0. The van der Waals surface area contributed by atoms with E-state index < -0.39 is 0 Å². The third-order valence-electron chi connectivity index (χ3n) is 0.498. The number of rotatable bonds is 1. The van der Waals surface area contributed by atoms with Crippen LogP contribution in [0.4, 0.5) is 0 Å². The van der Waals surface area contributed by atoms with Gasteiger partial charge in [-0.05, 0) is 0 Å². The van der Waals surface area contributed by atoms with Crippen LogP contribution in [0.1, 0.15) is 26.7 Å². The topological polar surface area (TPSA) is 0 Å². The van der Waals surface area contributed by atoms with Crippen molar-refractivity contribution in [2.75, 3.05) is 0 Å². The minimum Gasteiger partial charge on any atom is -0.729 e. The van der Waals surface area contributed by atoms with Gasteiger partial charge in [0.05, 0.1) is 0 Å². The van der Waals surface area contributed by atoms with E-state index in [0.29, 0.717) is 0 Å². The van der Waals surface area contributed by atoms with Crippen LogP contribution in [0.15, 0.2) is 0 Å². The normalized spacial score (nSPS) is 4.18. The molecule has 0 aliphatic carbocycles. The van der Waals surface area contributed by atoms with E-state index >= 15 is 0 Å². The van der Waals surface area contributed by atoms with Crippen molar-refractivity contribution in [2.24, 2.45) is 0 Å². The number of unbranched alkanes of at least 4 members (excludes halogenated alkanes) is 1. The molecule has 0 bridgehead atoms. The summed E-state index contributed by atoms with van der Waals surface area (Å²) in [6, 6.07) is 0. The van der Waals surface area contributed by atoms with Gasteiger partial charge in [0.15, 0.2) is 0 Å². The van der Waals surface area contributed by atoms with E-state index in [9.17, 15) is 0 Å². The maximum absolute atomic E-state index is 6.15. The fourth-order valence-electron chi connectivity index (χ4n) is 0. The monoisotopic (exact) mass is 130 g/mol. The maximum Gasteiger partial charge on any atom is 1.00 e. The Kier molecular flexibility index (Phi) is 115. The Hall–Kier alpha value is 1.22. The molecule has 0 N–H and O–H groups in total. The summed E-state index contributed by atoms with van der Waals surface area (Å²) in [5, 5.41) is 0. The second kappa shape index (κ2) is 43.0. The van der Waals surface area contributed by atoms with Crippen molar-refractivity contribution >= 4 is 0 Å². The van der Waals surface area contributed by atoms with Gasteiger partial charge in [0.2, 0.25) is 0 Å². The van der Waals surface area contributed by atoms with Gasteiger partial charge in [-0.25, -0.2) is 0 Å². The van der Waals surface area contributed by atoms with Gasteiger partial charge in [0.1, 0.15) is 0 Å². The van der Waals surface area contributed by atoms with Gasteiger partial charge in [-0.1, -0.05) is 13.3 Å². The standard InChI is InChI=1S/C4H9.C4H4.3Li/c2*1-3-4-2;;;/h1,3-4H2,2H3;3H,1H3;;;/q-1;-2;3*+1. The average molecular weight is 130 g/mol. The molecule has 0 amide bonds. The second-order valence-electron chi connectivity index (χ2n) is 1.29. The Labute approximate surface area is 108 Å². The summed E-state index contributed by atoms with van der Waals surface area (Å²) in [4.78, 5) is 0. The quantitative estimate of drug-likeness (QED) is 0.188. The van der Waals surface area contributed by atoms with E-state index in [-0.39, 0.29) is 56.6 Å². The molecule has 0 nitrogen and oxygen atoms in total. The fraction of sp³-hybridized carbons (Fsp3) is 0.500. The molecule has 0 heterocycles. The molecule has 0 saturated carbocycles. The van der Waals surface area contributed by atoms with E-state index in [0.717, 1.165) is 6.42 Å². The SMILES string of the molecule is [C-]#C[CH-]C.[CH2-]CCC.[Li+].[Li+].[Li+]. The minimum atomic E-state index is 0. The molecule has 0 unspecified atom stereocenters. The van der Waals surface area contributed by atoms with E-state index in [1.165, 1.54) is 6.42 Å². The van der Waals surface area contributed by atoms with Crippen LogP contribution >= 0.6 is 0 Å². The van der Waals surface area contributed by atoms with Crippen LogP contribution in [0, 0.1) is 25.7 Å². The summed E-state index contributed by atoms with van der Waals surface area (Å²) in [5.74, 6) is 2.06. The molecule has 48 valence electrons. The van der Waals surface area contributed by atoms with Gasteiger partial charge in [-0.15, -0.1) is 0 Å². The van der Waals surface area contributed by atoms with Crippen molar-refractivity contribution in [1.82, 2.24) is 0 Å². The second-order valence-corrected chi connectivity index (χ2v) is 1.29. The molecule has 0 rings (SSSR count). The van der Waals surface area contributed by atoms with Crippen molar-refractivity contribution in [3.63, 3.8) is 0 Å². The fourth-order valence-corrected chi connectivity index (χ4v) is 0. The van der Waals surface area contributed by atoms with E-state index in [1.54, 1.807) is 13.3 Å². The molecule has 0 saturated heterocycles. The van der Waals surface area contributed by atoms with Gasteiger partial charge < -0.3 is 25.7 Å². The van der Waals surface area contributed by atoms with Gasteiger partial charge in [0, 0.05) is 0 Å². The zero-order valence-electron chi connectivity index (χ0n) is 8.70. The molecule has 11 heavy (non-hydrogen) atoms. The predicted octanol–water partition coefficient (Wildman–Crippen LogP) is -6.57. The molecule has 0 aromatic carbocycles. The molecule has 3 heteroatoms. The predicted molar refractivity (Wildman–Crippen MR) is 37.4 cm³/mol. The van der Waals surface area contributed by atoms with Crippen LogP contribution < -0.4 is 56.6 Å². The average Bonchev–Trinajstić information content (AvgIpc) is 1.88. The van der Waals surface area contributed by atoms with Crippen LogP contribution in [0.3, 0.4) is 0 Å². The van der Waals surface area contributed by atoms with E-state index in [1.807, 2.05) is 0 Å². The molecule has 0 radical (unpaired) electrons. The zero-order valence-corrected chi connectivity index (χ0v) is 8.70. The van der Waals surface area contributed by atoms with Crippen LogP contribution in [-0.2, 0) is 0 Å². The molecule has 0 spiro atoms. The first-order valence-corrected chi connectivity index (χ1v) is 2.82. The molecular formula is C8H13Li3. The van der Waals surface area contributed by atoms with Gasteiger partial charge in [-0.2, -0.15) is 13.3 Å². The first kappa shape index (κ1) is 29.5. The summed E-state index contributed by atoms with van der Waals surface area (Å²) < 4.78 is 0. The summed E-state index contributed by atoms with van der Waals surface area (Å²) in [7, 11) is 0. The van der Waals surface area contributed by atoms with Crippen molar-refractivity contribution in [3.05, 3.63) is 19.8 Å². The van der Waals surface area contributed by atoms with Crippen LogP contribution in [0.2, 0.25) is 0 Å². The van der Waals surface area contributed by atoms with Crippen LogP contribution in [0.5, 0.6) is 0 Å². The van der Waals surface area contributed by atoms with Crippen molar-refractivity contribution < 1.29 is 56.6 Å². The molecule has 0 aliphatic rings. The molecule has 0 aromatic rings. The summed E-state index contributed by atoms with van der Waals surface area (Å²) in [6.45, 7) is 7.48. The van der Waals surface area contributed by atoms with E-state index in [4.69, 9.17) is 6.42 Å². The Morgan fingerprint density at radius 3 is 1.55 bits per heavy atom. The van der Waals surface area contributed by atoms with E-state index in [2.05, 4.69) is 19.8 Å². The molecule has 0 fully saturated rings. The molecular weight excluding hydrogens is 117 g/mol. The van der Waals surface area contributed by atoms with Gasteiger partial charge in [-0.3, -0.25) is 0 Å². The van der Waals surface area contributed by atoms with Gasteiger partial charge in [0.25, 0.3) is 0 Å². The van der Waals surface area contributed by atoms with Crippen molar-refractivity contribution in [2.45, 2.75) is 26.7 Å². The summed E-state index contributed by atoms with van der Waals surface area (Å²) >= 11 is 0. The largest absolute Gasteiger partial charge is 1.00 e. The van der Waals surface area contributed by atoms with Gasteiger partial charge >= 0.3 is 56.6 Å². The third kappa shape index (κ3) is 91.9. The third-order valence-corrected chi connectivity index (χ3v) is 0.498. The zero-order chi connectivity index (χ0) is 6.83. The molecule has 0 aliphatic heterocycles.